The van der Waals surface area contributed by atoms with Crippen molar-refractivity contribution in [3.8, 4) is 0 Å². The molecular weight excluding hydrogens is 364 g/mol. The zero-order chi connectivity index (χ0) is 22.7. The van der Waals surface area contributed by atoms with Gasteiger partial charge in [0, 0.05) is 12.3 Å². The summed E-state index contributed by atoms with van der Waals surface area (Å²) in [4.78, 5) is 24.6. The number of ketones is 1. The van der Waals surface area contributed by atoms with Crippen molar-refractivity contribution in [1.82, 2.24) is 0 Å². The van der Waals surface area contributed by atoms with Crippen LogP contribution in [0.2, 0.25) is 0 Å². The molecule has 0 aliphatic heterocycles. The Balaban J connectivity index is 6.46. The van der Waals surface area contributed by atoms with Gasteiger partial charge >= 0.3 is 5.97 Å². The van der Waals surface area contributed by atoms with Gasteiger partial charge < -0.3 is 10.2 Å². The van der Waals surface area contributed by atoms with Crippen LogP contribution in [-0.4, -0.2) is 22.0 Å². The van der Waals surface area contributed by atoms with Crippen LogP contribution in [0, 0.1) is 11.8 Å². The van der Waals surface area contributed by atoms with Crippen molar-refractivity contribution in [3.05, 3.63) is 57.9 Å². The van der Waals surface area contributed by atoms with E-state index in [1.54, 1.807) is 26.0 Å². The van der Waals surface area contributed by atoms with Crippen molar-refractivity contribution < 1.29 is 19.8 Å². The van der Waals surface area contributed by atoms with Crippen molar-refractivity contribution in [1.29, 1.82) is 0 Å². The summed E-state index contributed by atoms with van der Waals surface area (Å²) in [7, 11) is 0. The van der Waals surface area contributed by atoms with Crippen LogP contribution < -0.4 is 0 Å². The van der Waals surface area contributed by atoms with Gasteiger partial charge in [-0.15, -0.1) is 0 Å². The van der Waals surface area contributed by atoms with Gasteiger partial charge in [0.15, 0.2) is 5.78 Å². The maximum absolute atomic E-state index is 12.9. The second-order valence-electron chi connectivity index (χ2n) is 8.51. The molecule has 2 N–H and O–H groups in total. The summed E-state index contributed by atoms with van der Waals surface area (Å²) in [6.07, 6.45) is 9.18. The van der Waals surface area contributed by atoms with Gasteiger partial charge in [0.1, 0.15) is 5.76 Å². The summed E-state index contributed by atoms with van der Waals surface area (Å²) in [5, 5.41) is 20.4. The van der Waals surface area contributed by atoms with E-state index in [1.165, 1.54) is 11.1 Å². The van der Waals surface area contributed by atoms with E-state index in [4.69, 9.17) is 0 Å². The number of hydrogen-bond donors (Lipinski definition) is 2. The molecule has 4 heteroatoms. The van der Waals surface area contributed by atoms with Crippen LogP contribution in [0.3, 0.4) is 0 Å². The van der Waals surface area contributed by atoms with Crippen molar-refractivity contribution in [2.24, 2.45) is 11.8 Å². The Morgan fingerprint density at radius 3 is 1.59 bits per heavy atom. The number of hydrogen-bond acceptors (Lipinski definition) is 3. The van der Waals surface area contributed by atoms with E-state index in [9.17, 15) is 19.8 Å². The Morgan fingerprint density at radius 2 is 1.24 bits per heavy atom. The highest BCUT2D eigenvalue weighted by Gasteiger charge is 2.24. The molecule has 0 aromatic heterocycles. The lowest BCUT2D eigenvalue weighted by Gasteiger charge is -2.16. The third kappa shape index (κ3) is 10.7. The second-order valence-corrected chi connectivity index (χ2v) is 8.51. The molecule has 0 spiro atoms. The lowest BCUT2D eigenvalue weighted by molar-refractivity contribution is -0.132. The van der Waals surface area contributed by atoms with Crippen LogP contribution in [0.4, 0.5) is 0 Å². The van der Waals surface area contributed by atoms with Gasteiger partial charge in [-0.1, -0.05) is 54.9 Å². The van der Waals surface area contributed by atoms with E-state index >= 15 is 0 Å². The molecule has 0 unspecified atom stereocenters. The average Bonchev–Trinajstić information content (AvgIpc) is 2.59. The molecule has 0 heterocycles. The molecule has 0 saturated carbocycles. The number of carboxylic acid groups (broad SMARTS) is 1. The summed E-state index contributed by atoms with van der Waals surface area (Å²) < 4.78 is 0. The van der Waals surface area contributed by atoms with Gasteiger partial charge in [0.05, 0.1) is 11.1 Å². The van der Waals surface area contributed by atoms with Crippen molar-refractivity contribution in [2.45, 2.75) is 74.7 Å². The Morgan fingerprint density at radius 1 is 0.793 bits per heavy atom. The third-order valence-electron chi connectivity index (χ3n) is 4.36. The summed E-state index contributed by atoms with van der Waals surface area (Å²) >= 11 is 0. The zero-order valence-corrected chi connectivity index (χ0v) is 19.3. The number of aliphatic carboxylic acids is 1. The summed E-state index contributed by atoms with van der Waals surface area (Å²) in [5.74, 6) is -2.26. The Hall–Kier alpha value is -2.36. The summed E-state index contributed by atoms with van der Waals surface area (Å²) in [5.41, 5.74) is 3.24. The predicted molar refractivity (Wildman–Crippen MR) is 121 cm³/mol. The number of aliphatic hydroxyl groups is 1. The third-order valence-corrected chi connectivity index (χ3v) is 4.36. The van der Waals surface area contributed by atoms with Gasteiger partial charge in [-0.25, -0.2) is 4.79 Å². The molecular formula is C25H38O4. The number of allylic oxidation sites excluding steroid dienone is 8. The van der Waals surface area contributed by atoms with Gasteiger partial charge in [0.25, 0.3) is 0 Å². The van der Waals surface area contributed by atoms with E-state index in [-0.39, 0.29) is 35.2 Å². The monoisotopic (exact) mass is 402 g/mol. The quantitative estimate of drug-likeness (QED) is 0.174. The molecule has 4 nitrogen and oxygen atoms in total. The Bertz CT molecular complexity index is 711. The molecule has 0 saturated heterocycles. The second kappa shape index (κ2) is 13.0. The fourth-order valence-corrected chi connectivity index (χ4v) is 2.58. The van der Waals surface area contributed by atoms with Crippen molar-refractivity contribution in [2.75, 3.05) is 0 Å². The van der Waals surface area contributed by atoms with E-state index in [1.807, 2.05) is 41.5 Å². The summed E-state index contributed by atoms with van der Waals surface area (Å²) in [6, 6.07) is 0. The van der Waals surface area contributed by atoms with Crippen LogP contribution in [0.15, 0.2) is 57.9 Å². The topological polar surface area (TPSA) is 74.6 Å². The van der Waals surface area contributed by atoms with Crippen LogP contribution in [0.25, 0.3) is 0 Å². The number of carbonyl (C=O) groups excluding carboxylic acids is 1. The molecule has 0 aromatic rings. The lowest BCUT2D eigenvalue weighted by Crippen LogP contribution is -2.17. The van der Waals surface area contributed by atoms with E-state index in [0.717, 1.165) is 5.57 Å². The first-order valence-electron chi connectivity index (χ1n) is 10.2. The molecule has 0 radical (unpaired) electrons. The molecule has 0 aliphatic rings. The van der Waals surface area contributed by atoms with Gasteiger partial charge in [-0.2, -0.15) is 0 Å². The highest BCUT2D eigenvalue weighted by Crippen LogP contribution is 2.25. The smallest absolute Gasteiger partial charge is 0.335 e. The number of carboxylic acids is 1. The van der Waals surface area contributed by atoms with Crippen LogP contribution in [-0.2, 0) is 9.59 Å². The zero-order valence-electron chi connectivity index (χ0n) is 19.3. The minimum atomic E-state index is -1.22. The van der Waals surface area contributed by atoms with Crippen LogP contribution >= 0.6 is 0 Å². The van der Waals surface area contributed by atoms with Crippen LogP contribution in [0.1, 0.15) is 74.7 Å². The fourth-order valence-electron chi connectivity index (χ4n) is 2.58. The highest BCUT2D eigenvalue weighted by atomic mass is 16.4. The maximum atomic E-state index is 12.9. The average molecular weight is 403 g/mol. The van der Waals surface area contributed by atoms with Gasteiger partial charge in [-0.05, 0) is 60.3 Å². The molecule has 29 heavy (non-hydrogen) atoms. The summed E-state index contributed by atoms with van der Waals surface area (Å²) in [6.45, 7) is 15.3. The van der Waals surface area contributed by atoms with Gasteiger partial charge in [0.2, 0.25) is 0 Å². The largest absolute Gasteiger partial charge is 0.507 e. The Kier molecular flexibility index (Phi) is 11.9. The molecule has 0 amide bonds. The van der Waals surface area contributed by atoms with Crippen molar-refractivity contribution in [3.63, 3.8) is 0 Å². The molecule has 0 fully saturated rings. The highest BCUT2D eigenvalue weighted by molar-refractivity contribution is 6.02. The molecule has 0 bridgehead atoms. The molecule has 0 rings (SSSR count). The molecule has 162 valence electrons. The normalized spacial score (nSPS) is 12.4. The van der Waals surface area contributed by atoms with Crippen molar-refractivity contribution >= 4 is 11.8 Å². The fraction of sp³-hybridized carbons (Fsp3) is 0.520. The number of aliphatic hydroxyl groups excluding tert-OH is 1. The number of rotatable bonds is 11. The lowest BCUT2D eigenvalue weighted by atomic mass is 9.89. The minimum Gasteiger partial charge on any atom is -0.507 e. The minimum absolute atomic E-state index is 0.0156. The molecule has 0 aliphatic carbocycles. The van der Waals surface area contributed by atoms with Crippen LogP contribution in [0.5, 0.6) is 0 Å². The van der Waals surface area contributed by atoms with E-state index in [0.29, 0.717) is 12.8 Å². The predicted octanol–water partition coefficient (Wildman–Crippen LogP) is 6.72. The first-order valence-corrected chi connectivity index (χ1v) is 10.2. The molecule has 0 aromatic carbocycles. The first kappa shape index (κ1) is 26.6. The van der Waals surface area contributed by atoms with Gasteiger partial charge in [-0.3, -0.25) is 4.79 Å². The Labute approximate surface area is 176 Å². The SMILES string of the molecule is CC(C)=CC/C(C(=O)O)=C(O)/C(=C\C(CC=C(C)C)CC=C(C)C)C(=O)C(C)C. The standard InChI is InChI=1S/C25H38O4/c1-16(2)9-12-20(13-10-17(3)4)15-22(23(26)19(7)8)24(27)21(25(28)29)14-11-18(5)6/h9-11,15,19-20,27H,12-14H2,1-8H3,(H,28,29)/b22-15-,24-21+. The number of Topliss-reactive ketones (excluding diaryl/α,β-unsaturated/α-hetero) is 1. The van der Waals surface area contributed by atoms with E-state index < -0.39 is 11.7 Å². The number of carbonyl (C=O) groups is 2. The molecule has 0 atom stereocenters. The maximum Gasteiger partial charge on any atom is 0.335 e. The first-order chi connectivity index (χ1) is 13.4. The van der Waals surface area contributed by atoms with E-state index in [2.05, 4.69) is 12.2 Å².